The largest absolute Gasteiger partial charge is 0.497 e. The average Bonchev–Trinajstić information content (AvgIpc) is 3.25. The minimum Gasteiger partial charge on any atom is -0.497 e. The molecule has 3 rings (SSSR count). The van der Waals surface area contributed by atoms with Crippen LogP contribution in [0, 0.1) is 0 Å². The van der Waals surface area contributed by atoms with Gasteiger partial charge in [0.15, 0.2) is 0 Å². The molecule has 0 saturated heterocycles. The molecule has 0 saturated carbocycles. The van der Waals surface area contributed by atoms with Crippen molar-refractivity contribution in [3.63, 3.8) is 0 Å². The van der Waals surface area contributed by atoms with Crippen LogP contribution in [0.3, 0.4) is 0 Å². The molecule has 2 aromatic carbocycles. The summed E-state index contributed by atoms with van der Waals surface area (Å²) in [6, 6.07) is 15.2. The van der Waals surface area contributed by atoms with Gasteiger partial charge in [-0.1, -0.05) is 36.4 Å². The fourth-order valence-corrected chi connectivity index (χ4v) is 2.99. The maximum Gasteiger partial charge on any atom is 0.220 e. The molecule has 0 aliphatic heterocycles. The van der Waals surface area contributed by atoms with E-state index in [0.717, 1.165) is 16.9 Å². The van der Waals surface area contributed by atoms with Crippen LogP contribution in [0.2, 0.25) is 0 Å². The summed E-state index contributed by atoms with van der Waals surface area (Å²) in [5.74, 6) is 1.40. The van der Waals surface area contributed by atoms with Crippen LogP contribution in [0.1, 0.15) is 23.6 Å². The van der Waals surface area contributed by atoms with E-state index in [9.17, 15) is 4.79 Å². The molecule has 1 heterocycles. The van der Waals surface area contributed by atoms with Gasteiger partial charge >= 0.3 is 0 Å². The summed E-state index contributed by atoms with van der Waals surface area (Å²) in [5.41, 5.74) is 1.97. The van der Waals surface area contributed by atoms with Crippen LogP contribution in [-0.2, 0) is 17.8 Å². The highest BCUT2D eigenvalue weighted by Crippen LogP contribution is 2.25. The number of rotatable bonds is 9. The topological polar surface area (TPSA) is 78.3 Å². The first-order valence-electron chi connectivity index (χ1n) is 9.09. The SMILES string of the molecule is COc1ccc(CCC(=O)NC(Cn2nccn2)c2ccccc2)c(OC)c1. The Morgan fingerprint density at radius 1 is 1.07 bits per heavy atom. The van der Waals surface area contributed by atoms with E-state index in [4.69, 9.17) is 9.47 Å². The summed E-state index contributed by atoms with van der Waals surface area (Å²) in [6.07, 6.45) is 4.17. The standard InChI is InChI=1S/C21H24N4O3/c1-27-18-10-8-17(20(14-18)28-2)9-11-21(26)24-19(15-25-22-12-13-23-25)16-6-4-3-5-7-16/h3-8,10,12-14,19H,9,11,15H2,1-2H3,(H,24,26). The van der Waals surface area contributed by atoms with Gasteiger partial charge in [-0.2, -0.15) is 15.0 Å². The van der Waals surface area contributed by atoms with Gasteiger partial charge in [-0.15, -0.1) is 0 Å². The molecule has 0 fully saturated rings. The van der Waals surface area contributed by atoms with E-state index in [0.29, 0.717) is 25.1 Å². The minimum atomic E-state index is -0.209. The van der Waals surface area contributed by atoms with Crippen molar-refractivity contribution in [2.45, 2.75) is 25.4 Å². The first-order chi connectivity index (χ1) is 13.7. The Hall–Kier alpha value is -3.35. The number of benzene rings is 2. The molecule has 1 amide bonds. The van der Waals surface area contributed by atoms with Gasteiger partial charge in [0.1, 0.15) is 11.5 Å². The fourth-order valence-electron chi connectivity index (χ4n) is 2.99. The Balaban J connectivity index is 1.65. The van der Waals surface area contributed by atoms with Gasteiger partial charge in [0.05, 0.1) is 39.2 Å². The Kier molecular flexibility index (Phi) is 6.62. The van der Waals surface area contributed by atoms with Crippen LogP contribution in [0.5, 0.6) is 11.5 Å². The van der Waals surface area contributed by atoms with Gasteiger partial charge in [0, 0.05) is 12.5 Å². The highest BCUT2D eigenvalue weighted by atomic mass is 16.5. The van der Waals surface area contributed by atoms with Crippen molar-refractivity contribution in [1.82, 2.24) is 20.3 Å². The normalized spacial score (nSPS) is 11.6. The van der Waals surface area contributed by atoms with Crippen molar-refractivity contribution in [3.05, 3.63) is 72.1 Å². The van der Waals surface area contributed by atoms with Gasteiger partial charge in [0.25, 0.3) is 0 Å². The molecule has 0 radical (unpaired) electrons. The molecule has 28 heavy (non-hydrogen) atoms. The van der Waals surface area contributed by atoms with Crippen molar-refractivity contribution < 1.29 is 14.3 Å². The molecule has 7 heteroatoms. The van der Waals surface area contributed by atoms with E-state index in [1.165, 1.54) is 0 Å². The second-order valence-electron chi connectivity index (χ2n) is 6.29. The summed E-state index contributed by atoms with van der Waals surface area (Å²) in [6.45, 7) is 0.467. The van der Waals surface area contributed by atoms with Crippen LogP contribution in [0.25, 0.3) is 0 Å². The first kappa shape index (κ1) is 19.4. The predicted molar refractivity (Wildman–Crippen MR) is 105 cm³/mol. The molecule has 7 nitrogen and oxygen atoms in total. The quantitative estimate of drug-likeness (QED) is 0.618. The highest BCUT2D eigenvalue weighted by molar-refractivity contribution is 5.76. The maximum atomic E-state index is 12.6. The zero-order chi connectivity index (χ0) is 19.8. The number of nitrogens with one attached hydrogen (secondary N) is 1. The van der Waals surface area contributed by atoms with E-state index in [2.05, 4.69) is 15.5 Å². The van der Waals surface area contributed by atoms with Gasteiger partial charge < -0.3 is 14.8 Å². The number of aromatic nitrogens is 3. The summed E-state index contributed by atoms with van der Waals surface area (Å²) in [5, 5.41) is 11.4. The Bertz CT molecular complexity index is 882. The summed E-state index contributed by atoms with van der Waals surface area (Å²) < 4.78 is 10.6. The monoisotopic (exact) mass is 380 g/mol. The molecule has 1 N–H and O–H groups in total. The Labute approximate surface area is 164 Å². The number of methoxy groups -OCH3 is 2. The third kappa shape index (κ3) is 5.09. The lowest BCUT2D eigenvalue weighted by atomic mass is 10.1. The molecule has 0 spiro atoms. The van der Waals surface area contributed by atoms with E-state index < -0.39 is 0 Å². The van der Waals surface area contributed by atoms with Crippen molar-refractivity contribution in [1.29, 1.82) is 0 Å². The maximum absolute atomic E-state index is 12.6. The third-order valence-corrected chi connectivity index (χ3v) is 4.47. The average molecular weight is 380 g/mol. The number of carbonyl (C=O) groups excluding carboxylic acids is 1. The number of ether oxygens (including phenoxy) is 2. The summed E-state index contributed by atoms with van der Waals surface area (Å²) in [7, 11) is 3.22. The lowest BCUT2D eigenvalue weighted by Crippen LogP contribution is -2.32. The number of carbonyl (C=O) groups is 1. The molecule has 1 unspecified atom stereocenters. The van der Waals surface area contributed by atoms with Crippen LogP contribution < -0.4 is 14.8 Å². The van der Waals surface area contributed by atoms with E-state index in [1.807, 2.05) is 48.5 Å². The predicted octanol–water partition coefficient (Wildman–Crippen LogP) is 2.79. The van der Waals surface area contributed by atoms with Gasteiger partial charge in [-0.05, 0) is 23.6 Å². The second kappa shape index (κ2) is 9.55. The van der Waals surface area contributed by atoms with E-state index in [1.54, 1.807) is 31.4 Å². The number of amides is 1. The lowest BCUT2D eigenvalue weighted by molar-refractivity contribution is -0.121. The van der Waals surface area contributed by atoms with Crippen LogP contribution in [0.15, 0.2) is 60.9 Å². The van der Waals surface area contributed by atoms with Gasteiger partial charge in [-0.3, -0.25) is 4.79 Å². The van der Waals surface area contributed by atoms with Crippen LogP contribution >= 0.6 is 0 Å². The first-order valence-corrected chi connectivity index (χ1v) is 9.09. The van der Waals surface area contributed by atoms with E-state index in [-0.39, 0.29) is 11.9 Å². The Morgan fingerprint density at radius 3 is 2.50 bits per heavy atom. The molecular formula is C21H24N4O3. The summed E-state index contributed by atoms with van der Waals surface area (Å²) in [4.78, 5) is 14.2. The van der Waals surface area contributed by atoms with Gasteiger partial charge in [-0.25, -0.2) is 0 Å². The fraction of sp³-hybridized carbons (Fsp3) is 0.286. The van der Waals surface area contributed by atoms with E-state index >= 15 is 0 Å². The van der Waals surface area contributed by atoms with Crippen LogP contribution in [-0.4, -0.2) is 35.1 Å². The zero-order valence-corrected chi connectivity index (χ0v) is 16.0. The molecule has 146 valence electrons. The molecular weight excluding hydrogens is 356 g/mol. The molecule has 0 aliphatic carbocycles. The van der Waals surface area contributed by atoms with Crippen molar-refractivity contribution in [2.24, 2.45) is 0 Å². The third-order valence-electron chi connectivity index (χ3n) is 4.47. The molecule has 0 aliphatic rings. The summed E-state index contributed by atoms with van der Waals surface area (Å²) >= 11 is 0. The number of hydrogen-bond acceptors (Lipinski definition) is 5. The number of nitrogens with zero attached hydrogens (tertiary/aromatic N) is 3. The van der Waals surface area contributed by atoms with Crippen molar-refractivity contribution in [2.75, 3.05) is 14.2 Å². The Morgan fingerprint density at radius 2 is 1.82 bits per heavy atom. The molecule has 1 atom stereocenters. The van der Waals surface area contributed by atoms with Crippen LogP contribution in [0.4, 0.5) is 0 Å². The second-order valence-corrected chi connectivity index (χ2v) is 6.29. The highest BCUT2D eigenvalue weighted by Gasteiger charge is 2.16. The smallest absolute Gasteiger partial charge is 0.220 e. The molecule has 0 bridgehead atoms. The minimum absolute atomic E-state index is 0.0427. The van der Waals surface area contributed by atoms with Gasteiger partial charge in [0.2, 0.25) is 5.91 Å². The van der Waals surface area contributed by atoms with Crippen molar-refractivity contribution >= 4 is 5.91 Å². The molecule has 1 aromatic heterocycles. The van der Waals surface area contributed by atoms with Crippen molar-refractivity contribution in [3.8, 4) is 11.5 Å². The zero-order valence-electron chi connectivity index (χ0n) is 16.0. The lowest BCUT2D eigenvalue weighted by Gasteiger charge is -2.19. The molecule has 3 aromatic rings. The number of hydrogen-bond donors (Lipinski definition) is 1. The number of aryl methyl sites for hydroxylation is 1.